The monoisotopic (exact) mass is 279 g/mol. The first-order chi connectivity index (χ1) is 9.60. The van der Waals surface area contributed by atoms with Gasteiger partial charge in [-0.25, -0.2) is 0 Å². The van der Waals surface area contributed by atoms with Gasteiger partial charge in [0.1, 0.15) is 6.54 Å². The van der Waals surface area contributed by atoms with E-state index in [1.54, 1.807) is 0 Å². The van der Waals surface area contributed by atoms with Gasteiger partial charge in [0.05, 0.1) is 6.10 Å². The number of nitrogens with one attached hydrogen (secondary N) is 1. The quantitative estimate of drug-likeness (QED) is 0.815. The second-order valence-electron chi connectivity index (χ2n) is 5.10. The van der Waals surface area contributed by atoms with Crippen molar-refractivity contribution in [2.24, 2.45) is 5.92 Å². The lowest BCUT2D eigenvalue weighted by Gasteiger charge is -2.17. The topological polar surface area (TPSA) is 86.3 Å². The summed E-state index contributed by atoms with van der Waals surface area (Å²) in [5, 5.41) is 2.86. The number of nitrogens with zero attached hydrogens (tertiary/aromatic N) is 1. The molecule has 0 aromatic carbocycles. The molecule has 2 rings (SSSR count). The lowest BCUT2D eigenvalue weighted by atomic mass is 10.00. The maximum Gasteiger partial charge on any atom is 0.251 e. The van der Waals surface area contributed by atoms with Crippen LogP contribution in [0.4, 0.5) is 5.69 Å². The molecule has 110 valence electrons. The number of hydrogen-bond donors (Lipinski definition) is 2. The van der Waals surface area contributed by atoms with E-state index >= 15 is 0 Å². The van der Waals surface area contributed by atoms with Crippen molar-refractivity contribution in [1.82, 2.24) is 9.88 Å². The van der Waals surface area contributed by atoms with Crippen molar-refractivity contribution in [3.8, 4) is 0 Å². The van der Waals surface area contributed by atoms with Crippen LogP contribution in [0.2, 0.25) is 0 Å². The molecule has 2 heterocycles. The Morgan fingerprint density at radius 3 is 3.10 bits per heavy atom. The molecule has 0 spiro atoms. The molecular weight excluding hydrogens is 258 g/mol. The van der Waals surface area contributed by atoms with E-state index in [2.05, 4.69) is 12.2 Å². The largest absolute Gasteiger partial charge is 0.398 e. The number of nitrogen functional groups attached to an aromatic ring is 1. The van der Waals surface area contributed by atoms with Gasteiger partial charge in [-0.2, -0.15) is 0 Å². The number of nitrogens with two attached hydrogens (primary N) is 1. The van der Waals surface area contributed by atoms with Gasteiger partial charge in [-0.05, 0) is 18.9 Å². The molecule has 6 heteroatoms. The predicted molar refractivity (Wildman–Crippen MR) is 76.3 cm³/mol. The van der Waals surface area contributed by atoms with E-state index in [1.807, 2.05) is 0 Å². The molecule has 1 saturated heterocycles. The molecule has 1 fully saturated rings. The molecule has 1 aliphatic rings. The summed E-state index contributed by atoms with van der Waals surface area (Å²) in [7, 11) is 0. The summed E-state index contributed by atoms with van der Waals surface area (Å²) in [5.41, 5.74) is 5.84. The van der Waals surface area contributed by atoms with Crippen molar-refractivity contribution >= 4 is 11.6 Å². The van der Waals surface area contributed by atoms with Crippen LogP contribution < -0.4 is 16.6 Å². The zero-order valence-electron chi connectivity index (χ0n) is 11.7. The highest BCUT2D eigenvalue weighted by atomic mass is 16.5. The summed E-state index contributed by atoms with van der Waals surface area (Å²) < 4.78 is 6.89. The van der Waals surface area contributed by atoms with Crippen LogP contribution in [-0.2, 0) is 16.1 Å². The molecule has 0 bridgehead atoms. The number of carbonyl (C=O) groups is 1. The van der Waals surface area contributed by atoms with Gasteiger partial charge in [-0.15, -0.1) is 0 Å². The van der Waals surface area contributed by atoms with Crippen molar-refractivity contribution in [2.75, 3.05) is 18.9 Å². The molecule has 1 amide bonds. The third-order valence-electron chi connectivity index (χ3n) is 3.63. The number of rotatable bonds is 5. The Bertz CT molecular complexity index is 527. The Balaban J connectivity index is 1.86. The Kier molecular flexibility index (Phi) is 4.79. The normalized spacial score (nSPS) is 21.9. The molecule has 0 radical (unpaired) electrons. The van der Waals surface area contributed by atoms with Gasteiger partial charge in [0.25, 0.3) is 5.56 Å². The van der Waals surface area contributed by atoms with Crippen LogP contribution >= 0.6 is 0 Å². The highest BCUT2D eigenvalue weighted by Crippen LogP contribution is 2.22. The van der Waals surface area contributed by atoms with Gasteiger partial charge in [-0.1, -0.05) is 6.92 Å². The summed E-state index contributed by atoms with van der Waals surface area (Å²) in [4.78, 5) is 23.4. The maximum absolute atomic E-state index is 11.9. The number of pyridine rings is 1. The highest BCUT2D eigenvalue weighted by Gasteiger charge is 2.26. The van der Waals surface area contributed by atoms with Crippen molar-refractivity contribution in [2.45, 2.75) is 32.4 Å². The van der Waals surface area contributed by atoms with Crippen LogP contribution in [0.5, 0.6) is 0 Å². The molecule has 1 aliphatic heterocycles. The molecule has 2 atom stereocenters. The van der Waals surface area contributed by atoms with Gasteiger partial charge in [0, 0.05) is 37.0 Å². The standard InChI is InChI=1S/C14H21N3O3/c1-2-12-10(5-6-20-12)7-16-13(18)9-17-8-11(15)3-4-14(17)19/h3-4,8,10,12H,2,5-7,9,15H2,1H3,(H,16,18). The van der Waals surface area contributed by atoms with Crippen LogP contribution in [0.25, 0.3) is 0 Å². The SMILES string of the molecule is CCC1OCCC1CNC(=O)Cn1cc(N)ccc1=O. The number of amides is 1. The molecule has 1 aromatic heterocycles. The van der Waals surface area contributed by atoms with Crippen molar-refractivity contribution in [1.29, 1.82) is 0 Å². The minimum Gasteiger partial charge on any atom is -0.398 e. The number of anilines is 1. The van der Waals surface area contributed by atoms with E-state index in [1.165, 1.54) is 22.9 Å². The fourth-order valence-electron chi connectivity index (χ4n) is 2.51. The lowest BCUT2D eigenvalue weighted by molar-refractivity contribution is -0.122. The second-order valence-corrected chi connectivity index (χ2v) is 5.10. The first kappa shape index (κ1) is 14.6. The maximum atomic E-state index is 11.9. The number of ether oxygens (including phenoxy) is 1. The van der Waals surface area contributed by atoms with Crippen molar-refractivity contribution < 1.29 is 9.53 Å². The first-order valence-electron chi connectivity index (χ1n) is 6.94. The Morgan fingerprint density at radius 1 is 1.55 bits per heavy atom. The van der Waals surface area contributed by atoms with Crippen molar-refractivity contribution in [3.63, 3.8) is 0 Å². The zero-order chi connectivity index (χ0) is 14.5. The molecule has 1 aromatic rings. The van der Waals surface area contributed by atoms with Crippen molar-refractivity contribution in [3.05, 3.63) is 28.7 Å². The lowest BCUT2D eigenvalue weighted by Crippen LogP contribution is -2.36. The molecular formula is C14H21N3O3. The van der Waals surface area contributed by atoms with Gasteiger partial charge >= 0.3 is 0 Å². The van der Waals surface area contributed by atoms with E-state index in [-0.39, 0.29) is 24.1 Å². The van der Waals surface area contributed by atoms with Crippen LogP contribution in [0, 0.1) is 5.92 Å². The summed E-state index contributed by atoms with van der Waals surface area (Å²) in [6.45, 7) is 3.42. The van der Waals surface area contributed by atoms with Gasteiger partial charge in [0.15, 0.2) is 0 Å². The summed E-state index contributed by atoms with van der Waals surface area (Å²) >= 11 is 0. The van der Waals surface area contributed by atoms with E-state index in [9.17, 15) is 9.59 Å². The minimum atomic E-state index is -0.231. The molecule has 20 heavy (non-hydrogen) atoms. The van der Waals surface area contributed by atoms with Crippen LogP contribution in [0.15, 0.2) is 23.1 Å². The van der Waals surface area contributed by atoms with E-state index in [0.717, 1.165) is 19.4 Å². The number of carbonyl (C=O) groups excluding carboxylic acids is 1. The summed E-state index contributed by atoms with van der Waals surface area (Å²) in [6.07, 6.45) is 3.63. The minimum absolute atomic E-state index is 0.00571. The molecule has 2 unspecified atom stereocenters. The molecule has 3 N–H and O–H groups in total. The first-order valence-corrected chi connectivity index (χ1v) is 6.94. The molecule has 6 nitrogen and oxygen atoms in total. The van der Waals surface area contributed by atoms with E-state index in [4.69, 9.17) is 10.5 Å². The third-order valence-corrected chi connectivity index (χ3v) is 3.63. The fraction of sp³-hybridized carbons (Fsp3) is 0.571. The van der Waals surface area contributed by atoms with Crippen LogP contribution in [0.1, 0.15) is 19.8 Å². The average Bonchev–Trinajstić information content (AvgIpc) is 2.88. The fourth-order valence-corrected chi connectivity index (χ4v) is 2.51. The summed E-state index contributed by atoms with van der Waals surface area (Å²) in [5.74, 6) is 0.181. The van der Waals surface area contributed by atoms with E-state index < -0.39 is 0 Å². The highest BCUT2D eigenvalue weighted by molar-refractivity contribution is 5.75. The third kappa shape index (κ3) is 3.60. The van der Waals surface area contributed by atoms with Crippen LogP contribution in [0.3, 0.4) is 0 Å². The van der Waals surface area contributed by atoms with Crippen LogP contribution in [-0.4, -0.2) is 29.7 Å². The van der Waals surface area contributed by atoms with E-state index in [0.29, 0.717) is 18.2 Å². The Labute approximate surface area is 117 Å². The average molecular weight is 279 g/mol. The Hall–Kier alpha value is -1.82. The smallest absolute Gasteiger partial charge is 0.251 e. The molecule has 0 aliphatic carbocycles. The van der Waals surface area contributed by atoms with Gasteiger partial charge in [-0.3, -0.25) is 9.59 Å². The number of aromatic nitrogens is 1. The summed E-state index contributed by atoms with van der Waals surface area (Å²) in [6, 6.07) is 2.89. The van der Waals surface area contributed by atoms with Gasteiger partial charge < -0.3 is 20.4 Å². The Morgan fingerprint density at radius 2 is 2.35 bits per heavy atom. The van der Waals surface area contributed by atoms with Gasteiger partial charge in [0.2, 0.25) is 5.91 Å². The predicted octanol–water partition coefficient (Wildman–Crippen LogP) is 0.362. The zero-order valence-corrected chi connectivity index (χ0v) is 11.7. The second kappa shape index (κ2) is 6.56. The molecule has 0 saturated carbocycles. The number of hydrogen-bond acceptors (Lipinski definition) is 4.